The lowest BCUT2D eigenvalue weighted by Crippen LogP contribution is -2.66. The standard InChI is InChI=1S/C64H68O10/c1-2-24-55-58(67-41-50-29-14-5-15-30-50)61(69-43-52-33-18-7-19-34-52)60(57(72-55)47-66-40-49-27-12-4-13-28-49)74-64-63(71-45-54-37-22-9-23-38-54)62(70-44-53-35-20-8-21-36-53)59(68-42-51-31-16-6-17-32-51)56(73-64)46-65-39-48-25-10-3-11-26-48/h2-23,25-38,55-64H,1,24,39-47H2/t55-,56-,57-,58+,59+,60-,61-,62+,63-,64+/m1/s1. The van der Waals surface area contributed by atoms with Crippen LogP contribution in [0.3, 0.4) is 0 Å². The first-order valence-corrected chi connectivity index (χ1v) is 25.7. The molecule has 2 heterocycles. The molecule has 7 aromatic carbocycles. The molecule has 0 unspecified atom stereocenters. The Kier molecular flexibility index (Phi) is 20.3. The molecule has 0 spiro atoms. The first-order valence-electron chi connectivity index (χ1n) is 25.7. The molecule has 2 saturated heterocycles. The Hall–Kier alpha value is -6.12. The molecular weight excluding hydrogens is 929 g/mol. The highest BCUT2D eigenvalue weighted by atomic mass is 16.7. The van der Waals surface area contributed by atoms with Gasteiger partial charge in [-0.2, -0.15) is 0 Å². The maximum absolute atomic E-state index is 7.57. The SMILES string of the molecule is C=CC[C@H]1O[C@H](COCc2ccccc2)[C@@H](O[C@@H]2O[C@H](COCc3ccccc3)[C@H](OCc3ccccc3)[C@H](OCc3ccccc3)[C@H]2OCc2ccccc2)[C@H](OCc2ccccc2)[C@H]1OCc1ccccc1. The van der Waals surface area contributed by atoms with E-state index in [0.717, 1.165) is 38.9 Å². The van der Waals surface area contributed by atoms with Gasteiger partial charge in [-0.15, -0.1) is 6.58 Å². The second-order valence-corrected chi connectivity index (χ2v) is 18.7. The molecule has 10 nitrogen and oxygen atoms in total. The Morgan fingerprint density at radius 1 is 0.311 bits per heavy atom. The highest BCUT2D eigenvalue weighted by Crippen LogP contribution is 2.37. The average Bonchev–Trinajstić information content (AvgIpc) is 3.45. The highest BCUT2D eigenvalue weighted by molar-refractivity contribution is 5.19. The van der Waals surface area contributed by atoms with Crippen molar-refractivity contribution in [3.8, 4) is 0 Å². The third kappa shape index (κ3) is 15.5. The zero-order valence-electron chi connectivity index (χ0n) is 41.9. The Morgan fingerprint density at radius 2 is 0.595 bits per heavy atom. The van der Waals surface area contributed by atoms with Crippen molar-refractivity contribution in [2.24, 2.45) is 0 Å². The molecule has 0 saturated carbocycles. The van der Waals surface area contributed by atoms with E-state index in [1.165, 1.54) is 0 Å². The van der Waals surface area contributed by atoms with Crippen molar-refractivity contribution in [2.45, 2.75) is 114 Å². The molecule has 2 aliphatic heterocycles. The van der Waals surface area contributed by atoms with Crippen LogP contribution in [0.25, 0.3) is 0 Å². The van der Waals surface area contributed by atoms with Crippen molar-refractivity contribution in [1.29, 1.82) is 0 Å². The molecule has 2 fully saturated rings. The van der Waals surface area contributed by atoms with E-state index in [1.807, 2.05) is 182 Å². The van der Waals surface area contributed by atoms with Crippen LogP contribution in [-0.2, 0) is 93.6 Å². The van der Waals surface area contributed by atoms with Gasteiger partial charge in [-0.1, -0.05) is 218 Å². The van der Waals surface area contributed by atoms with Crippen LogP contribution in [0.4, 0.5) is 0 Å². The Bertz CT molecular complexity index is 2610. The Labute approximate surface area is 436 Å². The zero-order chi connectivity index (χ0) is 50.4. The van der Waals surface area contributed by atoms with Crippen LogP contribution in [0.2, 0.25) is 0 Å². The normalized spacial score (nSPS) is 23.8. The number of benzene rings is 7. The second-order valence-electron chi connectivity index (χ2n) is 18.7. The Morgan fingerprint density at radius 3 is 0.946 bits per heavy atom. The summed E-state index contributed by atoms with van der Waals surface area (Å²) in [6.07, 6.45) is -4.93. The summed E-state index contributed by atoms with van der Waals surface area (Å²) in [4.78, 5) is 0. The quantitative estimate of drug-likeness (QED) is 0.0464. The maximum atomic E-state index is 7.57. The second kappa shape index (κ2) is 28.5. The van der Waals surface area contributed by atoms with E-state index in [4.69, 9.17) is 47.4 Å². The third-order valence-electron chi connectivity index (χ3n) is 13.2. The van der Waals surface area contributed by atoms with Crippen molar-refractivity contribution < 1.29 is 47.4 Å². The summed E-state index contributed by atoms with van der Waals surface area (Å²) in [5.74, 6) is 0. The molecular formula is C64H68O10. The molecule has 74 heavy (non-hydrogen) atoms. The van der Waals surface area contributed by atoms with Crippen LogP contribution >= 0.6 is 0 Å². The fraction of sp³-hybridized carbons (Fsp3) is 0.312. The molecule has 0 bridgehead atoms. The third-order valence-corrected chi connectivity index (χ3v) is 13.2. The van der Waals surface area contributed by atoms with E-state index in [2.05, 4.69) is 43.0 Å². The van der Waals surface area contributed by atoms with Gasteiger partial charge in [0.2, 0.25) is 0 Å². The molecule has 0 N–H and O–H groups in total. The number of rotatable bonds is 27. The van der Waals surface area contributed by atoms with Gasteiger partial charge >= 0.3 is 0 Å². The molecule has 384 valence electrons. The molecule has 9 rings (SSSR count). The zero-order valence-corrected chi connectivity index (χ0v) is 41.9. The summed E-state index contributed by atoms with van der Waals surface area (Å²) >= 11 is 0. The van der Waals surface area contributed by atoms with Gasteiger partial charge in [0.05, 0.1) is 65.6 Å². The van der Waals surface area contributed by atoms with E-state index >= 15 is 0 Å². The van der Waals surface area contributed by atoms with Gasteiger partial charge in [-0.25, -0.2) is 0 Å². The summed E-state index contributed by atoms with van der Waals surface area (Å²) in [6, 6.07) is 70.8. The summed E-state index contributed by atoms with van der Waals surface area (Å²) in [6.45, 7) is 6.61. The molecule has 0 aliphatic carbocycles. The molecule has 10 heteroatoms. The summed E-state index contributed by atoms with van der Waals surface area (Å²) < 4.78 is 70.5. The smallest absolute Gasteiger partial charge is 0.187 e. The first-order chi connectivity index (χ1) is 36.7. The van der Waals surface area contributed by atoms with Gasteiger partial charge in [-0.3, -0.25) is 0 Å². The van der Waals surface area contributed by atoms with Crippen molar-refractivity contribution in [3.05, 3.63) is 264 Å². The van der Waals surface area contributed by atoms with Crippen LogP contribution in [0.5, 0.6) is 0 Å². The first kappa shape index (κ1) is 52.7. The lowest BCUT2D eigenvalue weighted by atomic mass is 9.92. The largest absolute Gasteiger partial charge is 0.374 e. The van der Waals surface area contributed by atoms with E-state index in [0.29, 0.717) is 32.8 Å². The molecule has 0 aromatic heterocycles. The van der Waals surface area contributed by atoms with Crippen molar-refractivity contribution >= 4 is 0 Å². The van der Waals surface area contributed by atoms with Gasteiger partial charge in [0.1, 0.15) is 48.8 Å². The van der Waals surface area contributed by atoms with Crippen LogP contribution in [0, 0.1) is 0 Å². The van der Waals surface area contributed by atoms with Crippen molar-refractivity contribution in [3.63, 3.8) is 0 Å². The van der Waals surface area contributed by atoms with E-state index in [9.17, 15) is 0 Å². The summed E-state index contributed by atoms with van der Waals surface area (Å²) in [5.41, 5.74) is 7.05. The van der Waals surface area contributed by atoms with Crippen LogP contribution in [0.1, 0.15) is 45.4 Å². The van der Waals surface area contributed by atoms with Gasteiger partial charge < -0.3 is 47.4 Å². The molecule has 10 atom stereocenters. The number of hydrogen-bond donors (Lipinski definition) is 0. The fourth-order valence-corrected chi connectivity index (χ4v) is 9.45. The van der Waals surface area contributed by atoms with Gasteiger partial charge in [0.25, 0.3) is 0 Å². The van der Waals surface area contributed by atoms with E-state index in [-0.39, 0.29) is 33.0 Å². The van der Waals surface area contributed by atoms with Crippen LogP contribution < -0.4 is 0 Å². The van der Waals surface area contributed by atoms with E-state index in [1.54, 1.807) is 0 Å². The molecule has 0 radical (unpaired) electrons. The molecule has 7 aromatic rings. The Balaban J connectivity index is 1.12. The predicted molar refractivity (Wildman–Crippen MR) is 284 cm³/mol. The minimum Gasteiger partial charge on any atom is -0.374 e. The average molecular weight is 997 g/mol. The highest BCUT2D eigenvalue weighted by Gasteiger charge is 2.54. The molecule has 0 amide bonds. The topological polar surface area (TPSA) is 92.3 Å². The van der Waals surface area contributed by atoms with E-state index < -0.39 is 61.2 Å². The fourth-order valence-electron chi connectivity index (χ4n) is 9.45. The summed E-state index contributed by atoms with van der Waals surface area (Å²) in [7, 11) is 0. The number of ether oxygens (including phenoxy) is 10. The van der Waals surface area contributed by atoms with Gasteiger partial charge in [0, 0.05) is 0 Å². The van der Waals surface area contributed by atoms with Crippen LogP contribution in [0.15, 0.2) is 225 Å². The monoisotopic (exact) mass is 996 g/mol. The molecule has 2 aliphatic rings. The van der Waals surface area contributed by atoms with Crippen molar-refractivity contribution in [2.75, 3.05) is 13.2 Å². The maximum Gasteiger partial charge on any atom is 0.187 e. The summed E-state index contributed by atoms with van der Waals surface area (Å²) in [5, 5.41) is 0. The predicted octanol–water partition coefficient (Wildman–Crippen LogP) is 11.8. The lowest BCUT2D eigenvalue weighted by Gasteiger charge is -2.50. The van der Waals surface area contributed by atoms with Crippen LogP contribution in [-0.4, -0.2) is 74.4 Å². The lowest BCUT2D eigenvalue weighted by molar-refractivity contribution is -0.363. The number of hydrogen-bond acceptors (Lipinski definition) is 10. The minimum absolute atomic E-state index is 0.160. The minimum atomic E-state index is -1.07. The van der Waals surface area contributed by atoms with Crippen molar-refractivity contribution in [1.82, 2.24) is 0 Å². The van der Waals surface area contributed by atoms with Gasteiger partial charge in [0.15, 0.2) is 6.29 Å². The van der Waals surface area contributed by atoms with Gasteiger partial charge in [-0.05, 0) is 45.4 Å².